The minimum atomic E-state index is 0.347. The SMILES string of the molecule is CC(CC1CCN(C(C)(C)C)C1)N1CC2(CCOC2)C1. The highest BCUT2D eigenvalue weighted by Gasteiger charge is 2.47. The molecule has 3 rings (SSSR count). The second-order valence-electron chi connectivity index (χ2n) is 8.56. The molecule has 20 heavy (non-hydrogen) atoms. The normalized spacial score (nSPS) is 32.7. The predicted molar refractivity (Wildman–Crippen MR) is 83.0 cm³/mol. The third kappa shape index (κ3) is 2.90. The van der Waals surface area contributed by atoms with Crippen molar-refractivity contribution in [3.63, 3.8) is 0 Å². The molecular formula is C17H32N2O. The quantitative estimate of drug-likeness (QED) is 0.790. The van der Waals surface area contributed by atoms with Crippen LogP contribution in [0.25, 0.3) is 0 Å². The van der Waals surface area contributed by atoms with Crippen LogP contribution in [0.5, 0.6) is 0 Å². The first-order valence-corrected chi connectivity index (χ1v) is 8.45. The summed E-state index contributed by atoms with van der Waals surface area (Å²) in [5, 5.41) is 0. The first kappa shape index (κ1) is 14.8. The summed E-state index contributed by atoms with van der Waals surface area (Å²) in [4.78, 5) is 5.35. The lowest BCUT2D eigenvalue weighted by Crippen LogP contribution is -2.59. The molecule has 3 saturated heterocycles. The maximum absolute atomic E-state index is 5.58. The van der Waals surface area contributed by atoms with Crippen molar-refractivity contribution in [3.8, 4) is 0 Å². The van der Waals surface area contributed by atoms with Gasteiger partial charge in [-0.05, 0) is 59.4 Å². The molecule has 3 aliphatic heterocycles. The maximum Gasteiger partial charge on any atom is 0.0547 e. The Morgan fingerprint density at radius 2 is 2.05 bits per heavy atom. The third-order valence-corrected chi connectivity index (χ3v) is 5.79. The van der Waals surface area contributed by atoms with Crippen LogP contribution in [0.15, 0.2) is 0 Å². The van der Waals surface area contributed by atoms with Crippen molar-refractivity contribution in [1.29, 1.82) is 0 Å². The van der Waals surface area contributed by atoms with Crippen LogP contribution < -0.4 is 0 Å². The van der Waals surface area contributed by atoms with Crippen molar-refractivity contribution in [2.24, 2.45) is 11.3 Å². The monoisotopic (exact) mass is 280 g/mol. The summed E-state index contributed by atoms with van der Waals surface area (Å²) in [5.41, 5.74) is 0.890. The average Bonchev–Trinajstić information content (AvgIpc) is 2.93. The van der Waals surface area contributed by atoms with Gasteiger partial charge in [0.25, 0.3) is 0 Å². The van der Waals surface area contributed by atoms with E-state index in [1.165, 1.54) is 45.4 Å². The molecule has 0 aromatic carbocycles. The Morgan fingerprint density at radius 1 is 1.30 bits per heavy atom. The van der Waals surface area contributed by atoms with Gasteiger partial charge in [-0.1, -0.05) is 0 Å². The van der Waals surface area contributed by atoms with Crippen LogP contribution >= 0.6 is 0 Å². The maximum atomic E-state index is 5.58. The highest BCUT2D eigenvalue weighted by molar-refractivity contribution is 4.99. The molecule has 116 valence electrons. The molecule has 2 unspecified atom stereocenters. The van der Waals surface area contributed by atoms with Gasteiger partial charge in [-0.15, -0.1) is 0 Å². The molecule has 0 bridgehead atoms. The molecule has 3 nitrogen and oxygen atoms in total. The summed E-state index contributed by atoms with van der Waals surface area (Å²) >= 11 is 0. The Kier molecular flexibility index (Phi) is 3.89. The van der Waals surface area contributed by atoms with E-state index in [1.807, 2.05) is 0 Å². The largest absolute Gasteiger partial charge is 0.381 e. The van der Waals surface area contributed by atoms with Crippen molar-refractivity contribution in [2.75, 3.05) is 39.4 Å². The summed E-state index contributed by atoms with van der Waals surface area (Å²) in [6.07, 6.45) is 4.06. The van der Waals surface area contributed by atoms with Gasteiger partial charge in [-0.2, -0.15) is 0 Å². The fraction of sp³-hybridized carbons (Fsp3) is 1.00. The Morgan fingerprint density at radius 3 is 2.60 bits per heavy atom. The van der Waals surface area contributed by atoms with Gasteiger partial charge in [0.05, 0.1) is 6.61 Å². The third-order valence-electron chi connectivity index (χ3n) is 5.79. The smallest absolute Gasteiger partial charge is 0.0547 e. The number of rotatable bonds is 3. The Hall–Kier alpha value is -0.120. The molecule has 2 atom stereocenters. The zero-order valence-corrected chi connectivity index (χ0v) is 13.8. The van der Waals surface area contributed by atoms with Gasteiger partial charge in [0, 0.05) is 43.2 Å². The number of hydrogen-bond donors (Lipinski definition) is 0. The second kappa shape index (κ2) is 5.26. The molecule has 0 amide bonds. The fourth-order valence-corrected chi connectivity index (χ4v) is 4.29. The molecule has 3 heterocycles. The predicted octanol–water partition coefficient (Wildman–Crippen LogP) is 2.61. The topological polar surface area (TPSA) is 15.7 Å². The van der Waals surface area contributed by atoms with Crippen LogP contribution in [0.2, 0.25) is 0 Å². The second-order valence-corrected chi connectivity index (χ2v) is 8.56. The van der Waals surface area contributed by atoms with Crippen LogP contribution in [-0.2, 0) is 4.74 Å². The summed E-state index contributed by atoms with van der Waals surface area (Å²) in [5.74, 6) is 0.903. The molecule has 1 spiro atoms. The van der Waals surface area contributed by atoms with E-state index in [2.05, 4.69) is 37.5 Å². The minimum Gasteiger partial charge on any atom is -0.381 e. The molecule has 0 radical (unpaired) electrons. The standard InChI is InChI=1S/C17H32N2O/c1-14(18-11-17(12-18)6-8-20-13-17)9-15-5-7-19(10-15)16(2,3)4/h14-15H,5-13H2,1-4H3. The first-order valence-electron chi connectivity index (χ1n) is 8.45. The Bertz CT molecular complexity index is 335. The van der Waals surface area contributed by atoms with E-state index in [0.29, 0.717) is 11.0 Å². The van der Waals surface area contributed by atoms with E-state index in [0.717, 1.165) is 25.2 Å². The average molecular weight is 280 g/mol. The number of likely N-dealkylation sites (tertiary alicyclic amines) is 2. The molecule has 0 aromatic heterocycles. The van der Waals surface area contributed by atoms with Gasteiger partial charge in [0.15, 0.2) is 0 Å². The van der Waals surface area contributed by atoms with E-state index in [4.69, 9.17) is 4.74 Å². The molecule has 3 fully saturated rings. The molecule has 0 aromatic rings. The van der Waals surface area contributed by atoms with Crippen molar-refractivity contribution < 1.29 is 4.74 Å². The summed E-state index contributed by atoms with van der Waals surface area (Å²) < 4.78 is 5.58. The number of nitrogens with zero attached hydrogens (tertiary/aromatic N) is 2. The van der Waals surface area contributed by atoms with Crippen LogP contribution in [0.3, 0.4) is 0 Å². The van der Waals surface area contributed by atoms with Crippen LogP contribution in [-0.4, -0.2) is 60.8 Å². The van der Waals surface area contributed by atoms with E-state index in [-0.39, 0.29) is 0 Å². The highest BCUT2D eigenvalue weighted by atomic mass is 16.5. The zero-order valence-electron chi connectivity index (χ0n) is 13.8. The lowest BCUT2D eigenvalue weighted by molar-refractivity contribution is -0.0364. The molecule has 0 saturated carbocycles. The van der Waals surface area contributed by atoms with Gasteiger partial charge in [-0.25, -0.2) is 0 Å². The van der Waals surface area contributed by atoms with Crippen molar-refractivity contribution >= 4 is 0 Å². The lowest BCUT2D eigenvalue weighted by Gasteiger charge is -2.50. The van der Waals surface area contributed by atoms with Crippen LogP contribution in [0.4, 0.5) is 0 Å². The Balaban J connectivity index is 1.43. The van der Waals surface area contributed by atoms with E-state index in [1.54, 1.807) is 0 Å². The van der Waals surface area contributed by atoms with Crippen molar-refractivity contribution in [1.82, 2.24) is 9.80 Å². The summed E-state index contributed by atoms with van der Waals surface area (Å²) in [6, 6.07) is 0.756. The molecule has 3 aliphatic rings. The van der Waals surface area contributed by atoms with Gasteiger partial charge in [0.1, 0.15) is 0 Å². The zero-order chi connectivity index (χ0) is 14.4. The van der Waals surface area contributed by atoms with Gasteiger partial charge >= 0.3 is 0 Å². The van der Waals surface area contributed by atoms with E-state index >= 15 is 0 Å². The lowest BCUT2D eigenvalue weighted by atomic mass is 9.78. The molecule has 0 N–H and O–H groups in total. The van der Waals surface area contributed by atoms with Gasteiger partial charge < -0.3 is 4.74 Å². The molecule has 3 heteroatoms. The van der Waals surface area contributed by atoms with E-state index < -0.39 is 0 Å². The molecule has 0 aliphatic carbocycles. The minimum absolute atomic E-state index is 0.347. The summed E-state index contributed by atoms with van der Waals surface area (Å²) in [7, 11) is 0. The van der Waals surface area contributed by atoms with Crippen molar-refractivity contribution in [2.45, 2.75) is 58.5 Å². The van der Waals surface area contributed by atoms with E-state index in [9.17, 15) is 0 Å². The number of ether oxygens (including phenoxy) is 1. The number of hydrogen-bond acceptors (Lipinski definition) is 3. The van der Waals surface area contributed by atoms with Crippen LogP contribution in [0, 0.1) is 11.3 Å². The highest BCUT2D eigenvalue weighted by Crippen LogP contribution is 2.40. The van der Waals surface area contributed by atoms with Crippen molar-refractivity contribution in [3.05, 3.63) is 0 Å². The molecular weight excluding hydrogens is 248 g/mol. The first-order chi connectivity index (χ1) is 9.38. The Labute approximate surface area is 124 Å². The fourth-order valence-electron chi connectivity index (χ4n) is 4.29. The van der Waals surface area contributed by atoms with Gasteiger partial charge in [0.2, 0.25) is 0 Å². The summed E-state index contributed by atoms with van der Waals surface area (Å²) in [6.45, 7) is 16.6. The van der Waals surface area contributed by atoms with Crippen LogP contribution in [0.1, 0.15) is 47.0 Å². The van der Waals surface area contributed by atoms with Gasteiger partial charge in [-0.3, -0.25) is 9.80 Å².